The SMILES string of the molecule is Cn1nccc1CCOc1ccc(C(=N)N)cc1Cl. The first-order valence-corrected chi connectivity index (χ1v) is 6.19. The molecule has 0 unspecified atom stereocenters. The van der Waals surface area contributed by atoms with Crippen molar-refractivity contribution in [2.24, 2.45) is 12.8 Å². The van der Waals surface area contributed by atoms with Gasteiger partial charge in [0.1, 0.15) is 11.6 Å². The van der Waals surface area contributed by atoms with Crippen LogP contribution in [0.15, 0.2) is 30.5 Å². The number of halogens is 1. The van der Waals surface area contributed by atoms with Gasteiger partial charge < -0.3 is 10.5 Å². The van der Waals surface area contributed by atoms with Gasteiger partial charge in [-0.2, -0.15) is 5.10 Å². The minimum Gasteiger partial charge on any atom is -0.492 e. The first-order valence-electron chi connectivity index (χ1n) is 5.81. The van der Waals surface area contributed by atoms with Crippen LogP contribution in [0.5, 0.6) is 5.75 Å². The summed E-state index contributed by atoms with van der Waals surface area (Å²) < 4.78 is 7.42. The van der Waals surface area contributed by atoms with Gasteiger partial charge in [0.05, 0.1) is 11.6 Å². The Balaban J connectivity index is 1.96. The van der Waals surface area contributed by atoms with Crippen LogP contribution in [0.3, 0.4) is 0 Å². The summed E-state index contributed by atoms with van der Waals surface area (Å²) in [5, 5.41) is 11.9. The van der Waals surface area contributed by atoms with Crippen molar-refractivity contribution in [1.29, 1.82) is 5.41 Å². The van der Waals surface area contributed by atoms with E-state index < -0.39 is 0 Å². The van der Waals surface area contributed by atoms with Crippen molar-refractivity contribution in [3.63, 3.8) is 0 Å². The zero-order chi connectivity index (χ0) is 13.8. The summed E-state index contributed by atoms with van der Waals surface area (Å²) >= 11 is 6.07. The number of ether oxygens (including phenoxy) is 1. The van der Waals surface area contributed by atoms with E-state index in [4.69, 9.17) is 27.5 Å². The third kappa shape index (κ3) is 3.26. The zero-order valence-corrected chi connectivity index (χ0v) is 11.3. The molecule has 0 saturated carbocycles. The summed E-state index contributed by atoms with van der Waals surface area (Å²) in [5.74, 6) is 0.581. The van der Waals surface area contributed by atoms with E-state index >= 15 is 0 Å². The molecule has 0 spiro atoms. The van der Waals surface area contributed by atoms with Crippen LogP contribution in [0, 0.1) is 5.41 Å². The van der Waals surface area contributed by atoms with Crippen LogP contribution < -0.4 is 10.5 Å². The molecule has 1 aromatic heterocycles. The lowest BCUT2D eigenvalue weighted by atomic mass is 10.2. The van der Waals surface area contributed by atoms with Crippen molar-refractivity contribution >= 4 is 17.4 Å². The van der Waals surface area contributed by atoms with Crippen molar-refractivity contribution in [2.45, 2.75) is 6.42 Å². The van der Waals surface area contributed by atoms with Crippen LogP contribution in [-0.2, 0) is 13.5 Å². The maximum absolute atomic E-state index is 7.33. The van der Waals surface area contributed by atoms with E-state index in [9.17, 15) is 0 Å². The molecule has 0 radical (unpaired) electrons. The number of nitrogens with zero attached hydrogens (tertiary/aromatic N) is 2. The molecule has 0 aliphatic heterocycles. The number of benzene rings is 1. The fourth-order valence-electron chi connectivity index (χ4n) is 1.70. The Morgan fingerprint density at radius 3 is 2.84 bits per heavy atom. The molecule has 6 heteroatoms. The molecule has 0 amide bonds. The predicted octanol–water partition coefficient (Wildman–Crippen LogP) is 1.98. The molecule has 3 N–H and O–H groups in total. The quantitative estimate of drug-likeness (QED) is 0.648. The molecule has 0 atom stereocenters. The summed E-state index contributed by atoms with van der Waals surface area (Å²) in [4.78, 5) is 0. The lowest BCUT2D eigenvalue weighted by Gasteiger charge is -2.09. The van der Waals surface area contributed by atoms with Gasteiger partial charge in [0.15, 0.2) is 0 Å². The highest BCUT2D eigenvalue weighted by Gasteiger charge is 2.05. The second kappa shape index (κ2) is 5.75. The van der Waals surface area contributed by atoms with E-state index in [2.05, 4.69) is 5.10 Å². The number of aryl methyl sites for hydroxylation is 1. The number of hydrogen-bond acceptors (Lipinski definition) is 3. The molecule has 5 nitrogen and oxygen atoms in total. The van der Waals surface area contributed by atoms with E-state index in [0.717, 1.165) is 12.1 Å². The fraction of sp³-hybridized carbons (Fsp3) is 0.231. The van der Waals surface area contributed by atoms with Crippen LogP contribution in [-0.4, -0.2) is 22.2 Å². The lowest BCUT2D eigenvalue weighted by Crippen LogP contribution is -2.11. The van der Waals surface area contributed by atoms with Crippen LogP contribution in [0.25, 0.3) is 0 Å². The molecular formula is C13H15ClN4O. The average molecular weight is 279 g/mol. The van der Waals surface area contributed by atoms with Gasteiger partial charge in [-0.15, -0.1) is 0 Å². The summed E-state index contributed by atoms with van der Waals surface area (Å²) in [7, 11) is 1.89. The Hall–Kier alpha value is -2.01. The molecule has 2 rings (SSSR count). The van der Waals surface area contributed by atoms with Gasteiger partial charge >= 0.3 is 0 Å². The van der Waals surface area contributed by atoms with Gasteiger partial charge in [0.2, 0.25) is 0 Å². The molecule has 1 heterocycles. The zero-order valence-electron chi connectivity index (χ0n) is 10.6. The lowest BCUT2D eigenvalue weighted by molar-refractivity contribution is 0.318. The molecular weight excluding hydrogens is 264 g/mol. The summed E-state index contributed by atoms with van der Waals surface area (Å²) in [6.07, 6.45) is 2.51. The van der Waals surface area contributed by atoms with Gasteiger partial charge in [-0.3, -0.25) is 10.1 Å². The van der Waals surface area contributed by atoms with Gasteiger partial charge in [0.25, 0.3) is 0 Å². The van der Waals surface area contributed by atoms with E-state index in [1.807, 2.05) is 17.8 Å². The molecule has 100 valence electrons. The average Bonchev–Trinajstić information content (AvgIpc) is 2.77. The Kier molecular flexibility index (Phi) is 4.06. The van der Waals surface area contributed by atoms with E-state index in [1.165, 1.54) is 0 Å². The smallest absolute Gasteiger partial charge is 0.137 e. The van der Waals surface area contributed by atoms with Crippen molar-refractivity contribution in [1.82, 2.24) is 9.78 Å². The Bertz CT molecular complexity index is 594. The molecule has 1 aromatic carbocycles. The monoisotopic (exact) mass is 278 g/mol. The molecule has 2 aromatic rings. The molecule has 0 fully saturated rings. The molecule has 0 aliphatic rings. The molecule has 0 aliphatic carbocycles. The number of nitrogens with one attached hydrogen (secondary N) is 1. The van der Waals surface area contributed by atoms with Gasteiger partial charge in [-0.1, -0.05) is 11.6 Å². The normalized spacial score (nSPS) is 10.4. The maximum atomic E-state index is 7.33. The van der Waals surface area contributed by atoms with Crippen LogP contribution >= 0.6 is 11.6 Å². The Morgan fingerprint density at radius 1 is 1.47 bits per heavy atom. The molecule has 0 bridgehead atoms. The highest BCUT2D eigenvalue weighted by Crippen LogP contribution is 2.25. The van der Waals surface area contributed by atoms with E-state index in [0.29, 0.717) is 22.9 Å². The van der Waals surface area contributed by atoms with Crippen LogP contribution in [0.1, 0.15) is 11.3 Å². The van der Waals surface area contributed by atoms with E-state index in [-0.39, 0.29) is 5.84 Å². The standard InChI is InChI=1S/C13H15ClN4O/c1-18-10(4-6-17-18)5-7-19-12-3-2-9(13(15)16)8-11(12)14/h2-4,6,8H,5,7H2,1H3,(H3,15,16). The first-order chi connectivity index (χ1) is 9.08. The summed E-state index contributed by atoms with van der Waals surface area (Å²) in [6.45, 7) is 0.513. The van der Waals surface area contributed by atoms with Gasteiger partial charge in [-0.25, -0.2) is 0 Å². The number of rotatable bonds is 5. The Morgan fingerprint density at radius 2 is 2.26 bits per heavy atom. The largest absolute Gasteiger partial charge is 0.492 e. The Labute approximate surface area is 116 Å². The van der Waals surface area contributed by atoms with Crippen LogP contribution in [0.2, 0.25) is 5.02 Å². The maximum Gasteiger partial charge on any atom is 0.137 e. The number of aromatic nitrogens is 2. The number of nitrogens with two attached hydrogens (primary N) is 1. The summed E-state index contributed by atoms with van der Waals surface area (Å²) in [6, 6.07) is 7.02. The van der Waals surface area contributed by atoms with E-state index in [1.54, 1.807) is 24.4 Å². The van der Waals surface area contributed by atoms with Crippen LogP contribution in [0.4, 0.5) is 0 Å². The molecule has 0 saturated heterocycles. The summed E-state index contributed by atoms with van der Waals surface area (Å²) in [5.41, 5.74) is 7.07. The van der Waals surface area contributed by atoms with Crippen molar-refractivity contribution in [2.75, 3.05) is 6.61 Å². The predicted molar refractivity (Wildman–Crippen MR) is 74.9 cm³/mol. The number of hydrogen-bond donors (Lipinski definition) is 2. The third-order valence-electron chi connectivity index (χ3n) is 2.78. The van der Waals surface area contributed by atoms with Gasteiger partial charge in [0, 0.05) is 30.9 Å². The number of nitrogen functional groups attached to an aromatic ring is 1. The molecule has 19 heavy (non-hydrogen) atoms. The fourth-order valence-corrected chi connectivity index (χ4v) is 1.93. The highest BCUT2D eigenvalue weighted by atomic mass is 35.5. The third-order valence-corrected chi connectivity index (χ3v) is 3.08. The van der Waals surface area contributed by atoms with Gasteiger partial charge in [-0.05, 0) is 24.3 Å². The second-order valence-electron chi connectivity index (χ2n) is 4.10. The number of amidine groups is 1. The highest BCUT2D eigenvalue weighted by molar-refractivity contribution is 6.32. The minimum absolute atomic E-state index is 0.0108. The minimum atomic E-state index is -0.0108. The topological polar surface area (TPSA) is 76.9 Å². The first kappa shape index (κ1) is 13.4. The second-order valence-corrected chi connectivity index (χ2v) is 4.51. The van der Waals surface area contributed by atoms with Crippen molar-refractivity contribution in [3.05, 3.63) is 46.7 Å². The van der Waals surface area contributed by atoms with Crippen molar-refractivity contribution in [3.8, 4) is 5.75 Å². The van der Waals surface area contributed by atoms with Crippen molar-refractivity contribution < 1.29 is 4.74 Å².